The highest BCUT2D eigenvalue weighted by atomic mass is 16.7. The van der Waals surface area contributed by atoms with E-state index in [4.69, 9.17) is 28.6 Å². The zero-order valence-electron chi connectivity index (χ0n) is 20.8. The zero-order chi connectivity index (χ0) is 25.7. The van der Waals surface area contributed by atoms with Crippen LogP contribution in [0.15, 0.2) is 89.7 Å². The summed E-state index contributed by atoms with van der Waals surface area (Å²) in [6.07, 6.45) is 5.52. The Bertz CT molecular complexity index is 1510. The third-order valence-electron chi connectivity index (χ3n) is 6.49. The minimum atomic E-state index is -0.533. The number of imidazole rings is 1. The molecular formula is C30H27N3O5. The molecular weight excluding hydrogens is 482 g/mol. The van der Waals surface area contributed by atoms with E-state index >= 15 is 0 Å². The molecule has 1 unspecified atom stereocenters. The molecule has 0 bridgehead atoms. The smallest absolute Gasteiger partial charge is 0.338 e. The zero-order valence-corrected chi connectivity index (χ0v) is 20.8. The predicted octanol–water partition coefficient (Wildman–Crippen LogP) is 5.23. The van der Waals surface area contributed by atoms with Crippen molar-refractivity contribution in [3.8, 4) is 17.1 Å². The fourth-order valence-electron chi connectivity index (χ4n) is 4.64. The van der Waals surface area contributed by atoms with E-state index in [-0.39, 0.29) is 6.79 Å². The first-order valence-corrected chi connectivity index (χ1v) is 12.7. The van der Waals surface area contributed by atoms with Gasteiger partial charge in [0.1, 0.15) is 11.5 Å². The Hall–Kier alpha value is -4.43. The summed E-state index contributed by atoms with van der Waals surface area (Å²) >= 11 is 0. The molecule has 6 rings (SSSR count). The number of benzene rings is 2. The molecule has 3 aromatic heterocycles. The first-order chi connectivity index (χ1) is 18.7. The first kappa shape index (κ1) is 23.9. The molecule has 5 aromatic rings. The molecule has 1 aliphatic heterocycles. The van der Waals surface area contributed by atoms with Gasteiger partial charge in [0.15, 0.2) is 11.8 Å². The molecule has 2 aromatic carbocycles. The largest absolute Gasteiger partial charge is 0.469 e. The Morgan fingerprint density at radius 1 is 0.947 bits per heavy atom. The lowest BCUT2D eigenvalue weighted by Crippen LogP contribution is -2.24. The number of nitrogens with zero attached hydrogens (tertiary/aromatic N) is 3. The van der Waals surface area contributed by atoms with E-state index < -0.39 is 12.1 Å². The molecule has 0 radical (unpaired) electrons. The molecule has 0 aliphatic carbocycles. The summed E-state index contributed by atoms with van der Waals surface area (Å²) < 4.78 is 24.4. The van der Waals surface area contributed by atoms with Crippen LogP contribution in [0, 0.1) is 0 Å². The van der Waals surface area contributed by atoms with Crippen molar-refractivity contribution in [1.29, 1.82) is 0 Å². The Morgan fingerprint density at radius 3 is 2.50 bits per heavy atom. The number of aromatic nitrogens is 3. The Balaban J connectivity index is 1.41. The average molecular weight is 510 g/mol. The Labute approximate surface area is 219 Å². The summed E-state index contributed by atoms with van der Waals surface area (Å²) in [5, 5.41) is 0. The van der Waals surface area contributed by atoms with Crippen LogP contribution in [0.5, 0.6) is 5.88 Å². The van der Waals surface area contributed by atoms with Crippen molar-refractivity contribution in [3.05, 3.63) is 108 Å². The van der Waals surface area contributed by atoms with Gasteiger partial charge in [0.05, 0.1) is 24.1 Å². The van der Waals surface area contributed by atoms with Crippen LogP contribution in [0.2, 0.25) is 0 Å². The molecule has 1 atom stereocenters. The van der Waals surface area contributed by atoms with Crippen molar-refractivity contribution < 1.29 is 23.4 Å². The molecule has 0 N–H and O–H groups in total. The van der Waals surface area contributed by atoms with Crippen LogP contribution in [-0.4, -0.2) is 39.8 Å². The van der Waals surface area contributed by atoms with Crippen LogP contribution in [0.3, 0.4) is 0 Å². The van der Waals surface area contributed by atoms with Crippen LogP contribution >= 0.6 is 0 Å². The standard InChI is InChI=1S/C30H27N3O5/c34-30(27-14-8-16-36-27)38-20-37-29-25(18-23-13-7-15-35-23)32-28-24(17-21-9-3-1-4-10-21)31-26(19-33(28)29)22-11-5-2-6-12-22/h1-7,9-13,15,19,27H,8,14,16-18,20H2. The van der Waals surface area contributed by atoms with E-state index in [0.29, 0.717) is 43.1 Å². The fourth-order valence-corrected chi connectivity index (χ4v) is 4.64. The van der Waals surface area contributed by atoms with Crippen molar-refractivity contribution in [3.63, 3.8) is 0 Å². The number of esters is 1. The van der Waals surface area contributed by atoms with Crippen molar-refractivity contribution in [2.24, 2.45) is 0 Å². The number of furan rings is 1. The lowest BCUT2D eigenvalue weighted by Gasteiger charge is -2.13. The van der Waals surface area contributed by atoms with Gasteiger partial charge in [-0.25, -0.2) is 14.8 Å². The first-order valence-electron chi connectivity index (χ1n) is 12.7. The van der Waals surface area contributed by atoms with Crippen LogP contribution < -0.4 is 4.74 Å². The van der Waals surface area contributed by atoms with Gasteiger partial charge in [-0.15, -0.1) is 0 Å². The number of hydrogen-bond donors (Lipinski definition) is 0. The predicted molar refractivity (Wildman–Crippen MR) is 140 cm³/mol. The van der Waals surface area contributed by atoms with Crippen molar-refractivity contribution >= 4 is 11.6 Å². The number of carbonyl (C=O) groups is 1. The molecule has 8 nitrogen and oxygen atoms in total. The number of ether oxygens (including phenoxy) is 3. The highest BCUT2D eigenvalue weighted by Crippen LogP contribution is 2.29. The molecule has 4 heterocycles. The van der Waals surface area contributed by atoms with Crippen LogP contribution in [0.4, 0.5) is 0 Å². The lowest BCUT2D eigenvalue weighted by atomic mass is 10.1. The van der Waals surface area contributed by atoms with Crippen molar-refractivity contribution in [2.75, 3.05) is 13.4 Å². The lowest BCUT2D eigenvalue weighted by molar-refractivity contribution is -0.161. The van der Waals surface area contributed by atoms with E-state index in [1.54, 1.807) is 6.26 Å². The molecule has 1 fully saturated rings. The van der Waals surface area contributed by atoms with Gasteiger partial charge >= 0.3 is 5.97 Å². The van der Waals surface area contributed by atoms with Gasteiger partial charge in [0, 0.05) is 24.8 Å². The third-order valence-corrected chi connectivity index (χ3v) is 6.49. The van der Waals surface area contributed by atoms with Gasteiger partial charge in [0.25, 0.3) is 0 Å². The number of rotatable bonds is 9. The molecule has 0 amide bonds. The quantitative estimate of drug-likeness (QED) is 0.199. The van der Waals surface area contributed by atoms with E-state index in [9.17, 15) is 4.79 Å². The van der Waals surface area contributed by atoms with E-state index in [1.807, 2.05) is 71.3 Å². The van der Waals surface area contributed by atoms with Crippen molar-refractivity contribution in [1.82, 2.24) is 14.4 Å². The second-order valence-electron chi connectivity index (χ2n) is 9.14. The highest BCUT2D eigenvalue weighted by molar-refractivity contribution is 5.74. The fraction of sp³-hybridized carbons (Fsp3) is 0.233. The van der Waals surface area contributed by atoms with E-state index in [1.165, 1.54) is 0 Å². The summed E-state index contributed by atoms with van der Waals surface area (Å²) in [6.45, 7) is 0.315. The summed E-state index contributed by atoms with van der Waals surface area (Å²) in [6, 6.07) is 23.9. The Morgan fingerprint density at radius 2 is 1.76 bits per heavy atom. The second kappa shape index (κ2) is 10.9. The van der Waals surface area contributed by atoms with Gasteiger partial charge in [0.2, 0.25) is 12.7 Å². The molecule has 1 saturated heterocycles. The molecule has 0 spiro atoms. The van der Waals surface area contributed by atoms with E-state index in [0.717, 1.165) is 34.7 Å². The van der Waals surface area contributed by atoms with Crippen LogP contribution in [0.25, 0.3) is 16.9 Å². The van der Waals surface area contributed by atoms with Gasteiger partial charge in [-0.1, -0.05) is 60.7 Å². The number of fused-ring (bicyclic) bond motifs is 1. The average Bonchev–Trinajstić information content (AvgIpc) is 3.73. The molecule has 8 heteroatoms. The monoisotopic (exact) mass is 509 g/mol. The highest BCUT2D eigenvalue weighted by Gasteiger charge is 2.26. The van der Waals surface area contributed by atoms with Gasteiger partial charge < -0.3 is 18.6 Å². The molecule has 192 valence electrons. The maximum absolute atomic E-state index is 12.4. The molecule has 1 aliphatic rings. The van der Waals surface area contributed by atoms with Crippen LogP contribution in [-0.2, 0) is 27.1 Å². The van der Waals surface area contributed by atoms with Crippen LogP contribution in [0.1, 0.15) is 35.6 Å². The Kier molecular flexibility index (Phi) is 6.87. The minimum Gasteiger partial charge on any atom is -0.469 e. The number of hydrogen-bond acceptors (Lipinski definition) is 7. The van der Waals surface area contributed by atoms with Gasteiger partial charge in [-0.3, -0.25) is 4.40 Å². The summed E-state index contributed by atoms with van der Waals surface area (Å²) in [5.74, 6) is 0.807. The maximum Gasteiger partial charge on any atom is 0.338 e. The van der Waals surface area contributed by atoms with E-state index in [2.05, 4.69) is 12.1 Å². The van der Waals surface area contributed by atoms with Gasteiger partial charge in [-0.2, -0.15) is 0 Å². The minimum absolute atomic E-state index is 0.255. The number of carbonyl (C=O) groups excluding carboxylic acids is 1. The third kappa shape index (κ3) is 5.17. The van der Waals surface area contributed by atoms with Gasteiger partial charge in [-0.05, 0) is 30.5 Å². The molecule has 38 heavy (non-hydrogen) atoms. The summed E-state index contributed by atoms with van der Waals surface area (Å²) in [4.78, 5) is 22.4. The summed E-state index contributed by atoms with van der Waals surface area (Å²) in [5.41, 5.74) is 5.03. The normalized spacial score (nSPS) is 15.1. The SMILES string of the molecule is O=C(OCOc1c(Cc2ccco2)nc2c(Cc3ccccc3)nc(-c3ccccc3)cn12)C1CCCO1. The summed E-state index contributed by atoms with van der Waals surface area (Å²) in [7, 11) is 0. The second-order valence-corrected chi connectivity index (χ2v) is 9.14. The topological polar surface area (TPSA) is 88.1 Å². The van der Waals surface area contributed by atoms with Crippen molar-refractivity contribution in [2.45, 2.75) is 31.8 Å². The molecule has 0 saturated carbocycles. The maximum atomic E-state index is 12.4.